The van der Waals surface area contributed by atoms with Crippen LogP contribution in [0.1, 0.15) is 76.5 Å². The minimum absolute atomic E-state index is 0.470. The van der Waals surface area contributed by atoms with Crippen LogP contribution in [0.2, 0.25) is 0 Å². The smallest absolute Gasteiger partial charge is 0.142 e. The number of rotatable bonds is 8. The second kappa shape index (κ2) is 17.8. The Bertz CT molecular complexity index is 1550. The number of aryl methyl sites for hydroxylation is 1. The maximum Gasteiger partial charge on any atom is 0.142 e. The molecular weight excluding hydrogens is 577 g/mol. The fraction of sp³-hybridized carbons (Fsp3) is 0.325. The van der Waals surface area contributed by atoms with Crippen LogP contribution >= 0.6 is 22.7 Å². The molecule has 1 fully saturated rings. The lowest BCUT2D eigenvalue weighted by molar-refractivity contribution is 0.363. The van der Waals surface area contributed by atoms with Gasteiger partial charge in [-0.2, -0.15) is 0 Å². The minimum Gasteiger partial charge on any atom is -0.497 e. The van der Waals surface area contributed by atoms with Gasteiger partial charge < -0.3 is 9.47 Å². The molecule has 234 valence electrons. The van der Waals surface area contributed by atoms with Gasteiger partial charge in [0.05, 0.1) is 13.7 Å². The number of ether oxygens (including phenoxy) is 2. The topological polar surface area (TPSA) is 21.8 Å². The Hall–Kier alpha value is -3.40. The largest absolute Gasteiger partial charge is 0.497 e. The van der Waals surface area contributed by atoms with Crippen LogP contribution < -0.4 is 4.74 Å². The highest BCUT2D eigenvalue weighted by Crippen LogP contribution is 2.50. The van der Waals surface area contributed by atoms with Gasteiger partial charge in [0.25, 0.3) is 0 Å². The standard InChI is InChI=1S/C28H24O2S2.C5H12.C5H8.C2H6/c1-5-25-12-18(2)27(32-25)26-14-22(16-31-26)21-9-6-8-20(13-21)19(3)28(17-30-28)23-10-7-11-24(15-23)29-4;2*1-4-5(2)3;1-2/h5-16H,1,3,17H2,2,4H3;5H,4H2,1-3H3;1H2,2-3H3;1-2H3. The molecule has 2 aromatic heterocycles. The van der Waals surface area contributed by atoms with E-state index in [0.717, 1.165) is 33.9 Å². The first kappa shape index (κ1) is 36.8. The van der Waals surface area contributed by atoms with Crippen LogP contribution in [0.4, 0.5) is 0 Å². The van der Waals surface area contributed by atoms with E-state index in [1.807, 2.05) is 52.0 Å². The maximum atomic E-state index is 5.97. The number of benzene rings is 2. The number of hydrogen-bond donors (Lipinski definition) is 0. The molecule has 2 aromatic carbocycles. The zero-order valence-electron chi connectivity index (χ0n) is 28.2. The zero-order chi connectivity index (χ0) is 32.9. The number of thiophene rings is 2. The van der Waals surface area contributed by atoms with Crippen molar-refractivity contribution in [3.63, 3.8) is 0 Å². The second-order valence-corrected chi connectivity index (χ2v) is 12.9. The predicted octanol–water partition coefficient (Wildman–Crippen LogP) is 12.9. The lowest BCUT2D eigenvalue weighted by Gasteiger charge is -2.17. The highest BCUT2D eigenvalue weighted by Gasteiger charge is 2.49. The Morgan fingerprint density at radius 2 is 1.70 bits per heavy atom. The van der Waals surface area contributed by atoms with Gasteiger partial charge in [-0.1, -0.05) is 97.2 Å². The molecule has 1 saturated heterocycles. The van der Waals surface area contributed by atoms with Gasteiger partial charge in [-0.15, -0.1) is 28.4 Å². The number of hydrogen-bond acceptors (Lipinski definition) is 4. The van der Waals surface area contributed by atoms with E-state index in [0.29, 0.717) is 6.61 Å². The van der Waals surface area contributed by atoms with Crippen LogP contribution in [0.15, 0.2) is 97.1 Å². The molecule has 5 rings (SSSR count). The van der Waals surface area contributed by atoms with Gasteiger partial charge in [0, 0.05) is 14.6 Å². The summed E-state index contributed by atoms with van der Waals surface area (Å²) >= 11 is 3.58. The van der Waals surface area contributed by atoms with Crippen molar-refractivity contribution in [3.8, 4) is 26.6 Å². The molecule has 1 atom stereocenters. The van der Waals surface area contributed by atoms with E-state index in [9.17, 15) is 0 Å². The molecule has 0 amide bonds. The lowest BCUT2D eigenvalue weighted by Crippen LogP contribution is -2.11. The maximum absolute atomic E-state index is 5.97. The van der Waals surface area contributed by atoms with E-state index in [4.69, 9.17) is 9.47 Å². The molecule has 4 heteroatoms. The highest BCUT2D eigenvalue weighted by molar-refractivity contribution is 7.22. The molecule has 2 nitrogen and oxygen atoms in total. The molecule has 0 saturated carbocycles. The first-order chi connectivity index (χ1) is 21.1. The van der Waals surface area contributed by atoms with Crippen molar-refractivity contribution < 1.29 is 9.47 Å². The van der Waals surface area contributed by atoms with Crippen molar-refractivity contribution in [2.45, 2.75) is 67.4 Å². The molecule has 0 bridgehead atoms. The monoisotopic (exact) mass is 626 g/mol. The summed E-state index contributed by atoms with van der Waals surface area (Å²) in [6.07, 6.45) is 3.23. The number of methoxy groups -OCH3 is 1. The Morgan fingerprint density at radius 1 is 1.07 bits per heavy atom. The molecule has 1 aliphatic heterocycles. The quantitative estimate of drug-likeness (QED) is 0.143. The minimum atomic E-state index is -0.470. The summed E-state index contributed by atoms with van der Waals surface area (Å²) in [5, 5.41) is 2.23. The van der Waals surface area contributed by atoms with Gasteiger partial charge in [0.15, 0.2) is 0 Å². The molecule has 0 radical (unpaired) electrons. The van der Waals surface area contributed by atoms with Crippen molar-refractivity contribution >= 4 is 34.3 Å². The van der Waals surface area contributed by atoms with Gasteiger partial charge in [-0.05, 0) is 101 Å². The average Bonchev–Trinajstić information content (AvgIpc) is 3.57. The van der Waals surface area contributed by atoms with Crippen molar-refractivity contribution in [3.05, 3.63) is 119 Å². The Kier molecular flexibility index (Phi) is 14.9. The van der Waals surface area contributed by atoms with Gasteiger partial charge >= 0.3 is 0 Å². The molecule has 0 aliphatic carbocycles. The zero-order valence-corrected chi connectivity index (χ0v) is 29.8. The van der Waals surface area contributed by atoms with E-state index in [1.165, 1.54) is 37.7 Å². The van der Waals surface area contributed by atoms with E-state index < -0.39 is 5.60 Å². The molecule has 0 N–H and O–H groups in total. The number of epoxide rings is 1. The molecular formula is C40H50O2S2. The highest BCUT2D eigenvalue weighted by atomic mass is 32.1. The molecule has 44 heavy (non-hydrogen) atoms. The van der Waals surface area contributed by atoms with Crippen molar-refractivity contribution in [2.75, 3.05) is 13.7 Å². The van der Waals surface area contributed by atoms with E-state index in [2.05, 4.69) is 101 Å². The lowest BCUT2D eigenvalue weighted by atomic mass is 9.87. The van der Waals surface area contributed by atoms with Crippen LogP contribution in [0, 0.1) is 12.8 Å². The summed E-state index contributed by atoms with van der Waals surface area (Å²) in [5.41, 5.74) is 10.2. The van der Waals surface area contributed by atoms with Crippen molar-refractivity contribution in [1.82, 2.24) is 0 Å². The third kappa shape index (κ3) is 9.81. The first-order valence-corrected chi connectivity index (χ1v) is 17.0. The van der Waals surface area contributed by atoms with Crippen LogP contribution in [0.25, 0.3) is 32.5 Å². The normalized spacial score (nSPS) is 14.4. The first-order valence-electron chi connectivity index (χ1n) is 15.3. The summed E-state index contributed by atoms with van der Waals surface area (Å²) < 4.78 is 11.4. The summed E-state index contributed by atoms with van der Waals surface area (Å²) in [4.78, 5) is 3.82. The van der Waals surface area contributed by atoms with Crippen LogP contribution in [0.5, 0.6) is 5.75 Å². The molecule has 3 heterocycles. The van der Waals surface area contributed by atoms with E-state index in [-0.39, 0.29) is 0 Å². The summed E-state index contributed by atoms with van der Waals surface area (Å²) in [7, 11) is 1.68. The average molecular weight is 627 g/mol. The molecule has 1 unspecified atom stereocenters. The molecule has 0 spiro atoms. The predicted molar refractivity (Wildman–Crippen MR) is 198 cm³/mol. The third-order valence-corrected chi connectivity index (χ3v) is 9.48. The van der Waals surface area contributed by atoms with E-state index >= 15 is 0 Å². The van der Waals surface area contributed by atoms with Crippen LogP contribution in [0.3, 0.4) is 0 Å². The molecule has 1 aliphatic rings. The fourth-order valence-corrected chi connectivity index (χ4v) is 6.16. The summed E-state index contributed by atoms with van der Waals surface area (Å²) in [6, 6.07) is 21.1. The number of allylic oxidation sites excluding steroid dienone is 1. The van der Waals surface area contributed by atoms with Gasteiger partial charge in [0.1, 0.15) is 11.4 Å². The van der Waals surface area contributed by atoms with Crippen molar-refractivity contribution in [1.29, 1.82) is 0 Å². The SMILES string of the molecule is C=C=C(C)C.C=Cc1cc(C)c(-c2cc(-c3cccc(C(=C)C4(c5cccc(OC)c5)CO4)c3)cs2)s1.CC.CCC(C)C. The van der Waals surface area contributed by atoms with E-state index in [1.54, 1.807) is 29.8 Å². The Balaban J connectivity index is 0.000000484. The fourth-order valence-electron chi connectivity index (χ4n) is 4.04. The summed E-state index contributed by atoms with van der Waals surface area (Å²) in [5.74, 6) is 1.71. The van der Waals surface area contributed by atoms with Gasteiger partial charge in [0.2, 0.25) is 0 Å². The second-order valence-electron chi connectivity index (χ2n) is 11.0. The van der Waals surface area contributed by atoms with Gasteiger partial charge in [-0.25, -0.2) is 0 Å². The van der Waals surface area contributed by atoms with Crippen LogP contribution in [-0.4, -0.2) is 13.7 Å². The molecule has 4 aromatic rings. The third-order valence-electron chi connectivity index (χ3n) is 7.13. The van der Waals surface area contributed by atoms with Gasteiger partial charge in [-0.3, -0.25) is 0 Å². The van der Waals surface area contributed by atoms with Crippen molar-refractivity contribution in [2.24, 2.45) is 5.92 Å². The Morgan fingerprint density at radius 3 is 2.23 bits per heavy atom. The van der Waals surface area contributed by atoms with Crippen LogP contribution in [-0.2, 0) is 10.3 Å². The summed E-state index contributed by atoms with van der Waals surface area (Å²) in [6.45, 7) is 29.1. The Labute approximate surface area is 275 Å².